The molecule has 0 aromatic rings. The predicted molar refractivity (Wildman–Crippen MR) is 71.7 cm³/mol. The van der Waals surface area contributed by atoms with E-state index in [1.807, 2.05) is 0 Å². The lowest BCUT2D eigenvalue weighted by Gasteiger charge is -2.47. The minimum absolute atomic E-state index is 0.275. The van der Waals surface area contributed by atoms with E-state index in [0.29, 0.717) is 12.0 Å². The molecule has 16 heavy (non-hydrogen) atoms. The Labute approximate surface area is 101 Å². The van der Waals surface area contributed by atoms with Crippen molar-refractivity contribution in [3.05, 3.63) is 11.6 Å². The Morgan fingerprint density at radius 1 is 1.44 bits per heavy atom. The maximum Gasteiger partial charge on any atom is 0.0281 e. The molecule has 1 rings (SSSR count). The molecule has 0 aromatic carbocycles. The van der Waals surface area contributed by atoms with E-state index in [1.54, 1.807) is 0 Å². The monoisotopic (exact) mass is 224 g/mol. The molecular formula is C14H28N2. The topological polar surface area (TPSA) is 15.3 Å². The van der Waals surface area contributed by atoms with E-state index < -0.39 is 0 Å². The maximum atomic E-state index is 3.66. The third-order valence-electron chi connectivity index (χ3n) is 3.59. The Hall–Kier alpha value is -0.340. The number of nitrogens with zero attached hydrogens (tertiary/aromatic N) is 1. The van der Waals surface area contributed by atoms with Crippen molar-refractivity contribution < 1.29 is 0 Å². The molecule has 1 fully saturated rings. The van der Waals surface area contributed by atoms with E-state index in [4.69, 9.17) is 0 Å². The average Bonchev–Trinajstić information content (AvgIpc) is 2.14. The molecule has 1 aliphatic rings. The number of hydrogen-bond acceptors (Lipinski definition) is 2. The molecule has 94 valence electrons. The molecule has 0 spiro atoms. The summed E-state index contributed by atoms with van der Waals surface area (Å²) in [5, 5.41) is 3.66. The molecule has 0 aliphatic carbocycles. The van der Waals surface area contributed by atoms with Gasteiger partial charge in [0.25, 0.3) is 0 Å². The van der Waals surface area contributed by atoms with Crippen molar-refractivity contribution in [2.45, 2.75) is 53.1 Å². The summed E-state index contributed by atoms with van der Waals surface area (Å²) in [5.41, 5.74) is 1.69. The van der Waals surface area contributed by atoms with Crippen LogP contribution in [0, 0.1) is 5.92 Å². The molecule has 2 nitrogen and oxygen atoms in total. The van der Waals surface area contributed by atoms with Crippen molar-refractivity contribution in [3.8, 4) is 0 Å². The maximum absolute atomic E-state index is 3.66. The molecule has 0 saturated carbocycles. The lowest BCUT2D eigenvalue weighted by molar-refractivity contribution is 0.0659. The normalized spacial score (nSPS) is 25.8. The van der Waals surface area contributed by atoms with Gasteiger partial charge in [0.15, 0.2) is 0 Å². The minimum Gasteiger partial charge on any atom is -0.311 e. The minimum atomic E-state index is 0.275. The molecule has 1 saturated heterocycles. The molecule has 1 unspecified atom stereocenters. The Morgan fingerprint density at radius 2 is 2.06 bits per heavy atom. The number of nitrogens with one attached hydrogen (secondary N) is 1. The first-order valence-electron chi connectivity index (χ1n) is 6.45. The summed E-state index contributed by atoms with van der Waals surface area (Å²) in [5.74, 6) is 0.713. The summed E-state index contributed by atoms with van der Waals surface area (Å²) in [7, 11) is 0. The van der Waals surface area contributed by atoms with E-state index in [1.165, 1.54) is 5.57 Å². The summed E-state index contributed by atoms with van der Waals surface area (Å²) < 4.78 is 0. The van der Waals surface area contributed by atoms with Crippen LogP contribution in [0.4, 0.5) is 0 Å². The highest BCUT2D eigenvalue weighted by atomic mass is 15.3. The van der Waals surface area contributed by atoms with Gasteiger partial charge in [0.05, 0.1) is 0 Å². The highest BCUT2D eigenvalue weighted by Gasteiger charge is 2.33. The van der Waals surface area contributed by atoms with Crippen molar-refractivity contribution in [1.29, 1.82) is 0 Å². The van der Waals surface area contributed by atoms with E-state index >= 15 is 0 Å². The average molecular weight is 224 g/mol. The van der Waals surface area contributed by atoms with Gasteiger partial charge >= 0.3 is 0 Å². The largest absolute Gasteiger partial charge is 0.311 e. The van der Waals surface area contributed by atoms with Gasteiger partial charge in [-0.05, 0) is 33.6 Å². The molecule has 2 heteroatoms. The Kier molecular flexibility index (Phi) is 4.57. The van der Waals surface area contributed by atoms with Gasteiger partial charge in [0.1, 0.15) is 0 Å². The molecule has 1 N–H and O–H groups in total. The molecule has 0 bridgehead atoms. The van der Waals surface area contributed by atoms with E-state index in [0.717, 1.165) is 19.6 Å². The predicted octanol–water partition coefficient (Wildman–Crippen LogP) is 2.66. The van der Waals surface area contributed by atoms with Crippen LogP contribution < -0.4 is 5.32 Å². The Morgan fingerprint density at radius 3 is 2.56 bits per heavy atom. The van der Waals surface area contributed by atoms with Crippen LogP contribution in [0.2, 0.25) is 0 Å². The zero-order chi connectivity index (χ0) is 12.3. The van der Waals surface area contributed by atoms with Gasteiger partial charge in [-0.15, -0.1) is 0 Å². The summed E-state index contributed by atoms with van der Waals surface area (Å²) in [4.78, 5) is 2.60. The van der Waals surface area contributed by atoms with Gasteiger partial charge < -0.3 is 5.32 Å². The standard InChI is InChI=1S/C14H28N2/c1-11(2)7-8-16-9-13(12(3)4)15-10-14(16,5)6/h7,12-13,15H,8-10H2,1-6H3. The third kappa shape index (κ3) is 3.60. The molecule has 0 radical (unpaired) electrons. The zero-order valence-corrected chi connectivity index (χ0v) is 11.8. The van der Waals surface area contributed by atoms with E-state index in [2.05, 4.69) is 57.8 Å². The fourth-order valence-corrected chi connectivity index (χ4v) is 2.10. The van der Waals surface area contributed by atoms with Crippen LogP contribution in [-0.2, 0) is 0 Å². The smallest absolute Gasteiger partial charge is 0.0281 e. The van der Waals surface area contributed by atoms with Crippen LogP contribution in [-0.4, -0.2) is 36.1 Å². The third-order valence-corrected chi connectivity index (χ3v) is 3.59. The van der Waals surface area contributed by atoms with Crippen molar-refractivity contribution in [2.75, 3.05) is 19.6 Å². The van der Waals surface area contributed by atoms with Crippen LogP contribution in [0.3, 0.4) is 0 Å². The van der Waals surface area contributed by atoms with E-state index in [-0.39, 0.29) is 5.54 Å². The van der Waals surface area contributed by atoms with Gasteiger partial charge in [0.2, 0.25) is 0 Å². The second-order valence-electron chi connectivity index (χ2n) is 6.23. The number of hydrogen-bond donors (Lipinski definition) is 1. The fraction of sp³-hybridized carbons (Fsp3) is 0.857. The summed E-state index contributed by atoms with van der Waals surface area (Å²) in [6.07, 6.45) is 2.34. The number of rotatable bonds is 3. The first-order valence-corrected chi connectivity index (χ1v) is 6.45. The van der Waals surface area contributed by atoms with Crippen LogP contribution in [0.5, 0.6) is 0 Å². The van der Waals surface area contributed by atoms with Crippen molar-refractivity contribution in [1.82, 2.24) is 10.2 Å². The highest BCUT2D eigenvalue weighted by Crippen LogP contribution is 2.21. The van der Waals surface area contributed by atoms with Crippen LogP contribution in [0.25, 0.3) is 0 Å². The van der Waals surface area contributed by atoms with Crippen molar-refractivity contribution >= 4 is 0 Å². The van der Waals surface area contributed by atoms with Crippen molar-refractivity contribution in [3.63, 3.8) is 0 Å². The first-order chi connectivity index (χ1) is 7.33. The summed E-state index contributed by atoms with van der Waals surface area (Å²) >= 11 is 0. The lowest BCUT2D eigenvalue weighted by Crippen LogP contribution is -2.63. The van der Waals surface area contributed by atoms with Gasteiger partial charge in [-0.3, -0.25) is 4.90 Å². The fourth-order valence-electron chi connectivity index (χ4n) is 2.10. The van der Waals surface area contributed by atoms with Crippen LogP contribution in [0.1, 0.15) is 41.5 Å². The Bertz CT molecular complexity index is 249. The van der Waals surface area contributed by atoms with E-state index in [9.17, 15) is 0 Å². The number of piperazine rings is 1. The summed E-state index contributed by atoms with van der Waals surface area (Å²) in [6, 6.07) is 0.638. The summed E-state index contributed by atoms with van der Waals surface area (Å²) in [6.45, 7) is 16.9. The van der Waals surface area contributed by atoms with Crippen LogP contribution >= 0.6 is 0 Å². The van der Waals surface area contributed by atoms with Gasteiger partial charge in [-0.1, -0.05) is 25.5 Å². The molecular weight excluding hydrogens is 196 g/mol. The lowest BCUT2D eigenvalue weighted by atomic mass is 9.93. The molecule has 1 heterocycles. The molecule has 1 atom stereocenters. The van der Waals surface area contributed by atoms with Crippen LogP contribution in [0.15, 0.2) is 11.6 Å². The Balaban J connectivity index is 2.65. The zero-order valence-electron chi connectivity index (χ0n) is 11.8. The second kappa shape index (κ2) is 5.33. The SMILES string of the molecule is CC(C)=CCN1CC(C(C)C)NCC1(C)C. The number of allylic oxidation sites excluding steroid dienone is 1. The van der Waals surface area contributed by atoms with Crippen molar-refractivity contribution in [2.24, 2.45) is 5.92 Å². The van der Waals surface area contributed by atoms with Gasteiger partial charge in [0, 0.05) is 31.2 Å². The molecule has 0 amide bonds. The molecule has 1 aliphatic heterocycles. The quantitative estimate of drug-likeness (QED) is 0.741. The van der Waals surface area contributed by atoms with Gasteiger partial charge in [-0.2, -0.15) is 0 Å². The first kappa shape index (κ1) is 13.7. The van der Waals surface area contributed by atoms with Gasteiger partial charge in [-0.25, -0.2) is 0 Å². The highest BCUT2D eigenvalue weighted by molar-refractivity contribution is 5.00. The molecule has 0 aromatic heterocycles. The second-order valence-corrected chi connectivity index (χ2v) is 6.23.